The van der Waals surface area contributed by atoms with Crippen molar-refractivity contribution in [3.63, 3.8) is 0 Å². The van der Waals surface area contributed by atoms with E-state index < -0.39 is 5.54 Å². The van der Waals surface area contributed by atoms with Crippen molar-refractivity contribution >= 4 is 17.8 Å². The van der Waals surface area contributed by atoms with E-state index in [2.05, 4.69) is 54.8 Å². The third-order valence-electron chi connectivity index (χ3n) is 8.75. The number of hydrogen-bond acceptors (Lipinski definition) is 4. The lowest BCUT2D eigenvalue weighted by atomic mass is 9.84. The van der Waals surface area contributed by atoms with E-state index in [9.17, 15) is 14.4 Å². The Hall–Kier alpha value is -2.41. The highest BCUT2D eigenvalue weighted by Gasteiger charge is 2.57. The van der Waals surface area contributed by atoms with Gasteiger partial charge in [-0.25, -0.2) is 4.79 Å². The summed E-state index contributed by atoms with van der Waals surface area (Å²) < 4.78 is 0. The second kappa shape index (κ2) is 9.47. The van der Waals surface area contributed by atoms with Crippen LogP contribution in [-0.2, 0) is 9.59 Å². The topological polar surface area (TPSA) is 64.2 Å². The second-order valence-corrected chi connectivity index (χ2v) is 12.8. The molecule has 1 aromatic rings. The molecule has 0 radical (unpaired) electrons. The zero-order valence-corrected chi connectivity index (χ0v) is 22.4. The lowest BCUT2D eigenvalue weighted by molar-refractivity contribution is -0.135. The maximum absolute atomic E-state index is 13.2. The average molecular weight is 495 g/mol. The highest BCUT2D eigenvalue weighted by atomic mass is 16.2. The van der Waals surface area contributed by atoms with E-state index in [0.29, 0.717) is 37.0 Å². The van der Waals surface area contributed by atoms with Crippen molar-refractivity contribution in [1.29, 1.82) is 0 Å². The summed E-state index contributed by atoms with van der Waals surface area (Å²) in [5.41, 5.74) is 0.619. The first-order chi connectivity index (χ1) is 17.1. The number of imide groups is 1. The van der Waals surface area contributed by atoms with Gasteiger partial charge in [0, 0.05) is 58.7 Å². The molecule has 196 valence electrons. The summed E-state index contributed by atoms with van der Waals surface area (Å²) in [6.07, 6.45) is 4.29. The number of amides is 4. The van der Waals surface area contributed by atoms with Crippen LogP contribution in [0.2, 0.25) is 0 Å². The summed E-state index contributed by atoms with van der Waals surface area (Å²) in [6, 6.07) is 10.5. The van der Waals surface area contributed by atoms with Crippen LogP contribution in [0, 0.1) is 17.3 Å². The van der Waals surface area contributed by atoms with Gasteiger partial charge in [-0.1, -0.05) is 51.1 Å². The van der Waals surface area contributed by atoms with Crippen LogP contribution in [0.1, 0.15) is 64.4 Å². The number of rotatable bonds is 6. The van der Waals surface area contributed by atoms with Gasteiger partial charge in [0.25, 0.3) is 5.91 Å². The Bertz CT molecular complexity index is 992. The molecule has 0 N–H and O–H groups in total. The molecule has 2 atom stereocenters. The summed E-state index contributed by atoms with van der Waals surface area (Å²) in [6.45, 7) is 11.2. The van der Waals surface area contributed by atoms with Gasteiger partial charge in [-0.15, -0.1) is 0 Å². The van der Waals surface area contributed by atoms with Crippen molar-refractivity contribution in [3.8, 4) is 0 Å². The van der Waals surface area contributed by atoms with Crippen molar-refractivity contribution in [1.82, 2.24) is 19.6 Å². The molecule has 1 spiro atoms. The number of carbonyl (C=O) groups is 3. The normalized spacial score (nSPS) is 26.9. The summed E-state index contributed by atoms with van der Waals surface area (Å²) in [5.74, 6) is 1.46. The van der Waals surface area contributed by atoms with Crippen LogP contribution >= 0.6 is 0 Å². The predicted octanol–water partition coefficient (Wildman–Crippen LogP) is 3.80. The van der Waals surface area contributed by atoms with Gasteiger partial charge in [0.1, 0.15) is 5.54 Å². The molecule has 36 heavy (non-hydrogen) atoms. The number of likely N-dealkylation sites (N-methyl/N-ethyl adjacent to an activating group) is 1. The molecule has 1 aromatic carbocycles. The van der Waals surface area contributed by atoms with E-state index >= 15 is 0 Å². The number of likely N-dealkylation sites (tertiary alicyclic amines) is 2. The van der Waals surface area contributed by atoms with E-state index in [4.69, 9.17) is 0 Å². The van der Waals surface area contributed by atoms with E-state index in [0.717, 1.165) is 52.1 Å². The molecule has 4 amide bonds. The molecule has 3 heterocycles. The predicted molar refractivity (Wildman–Crippen MR) is 139 cm³/mol. The van der Waals surface area contributed by atoms with Crippen LogP contribution in [0.3, 0.4) is 0 Å². The standard InChI is InChI=1S/C29H42N4O3/c1-28(2,3)16-25(34)32-19-23(24(20-32)22-8-6-5-7-9-22)18-31-14-12-29(13-15-31)26(35)30(4)27(36)33(29)17-21-10-11-21/h5-9,21,23-24H,10-20H2,1-4H3. The third kappa shape index (κ3) is 4.91. The minimum atomic E-state index is -0.659. The number of piperidine rings is 1. The minimum absolute atomic E-state index is 0.0187. The zero-order chi connectivity index (χ0) is 25.7. The van der Waals surface area contributed by atoms with Crippen molar-refractivity contribution in [2.75, 3.05) is 46.3 Å². The lowest BCUT2D eigenvalue weighted by Gasteiger charge is -2.43. The Kier molecular flexibility index (Phi) is 6.64. The zero-order valence-electron chi connectivity index (χ0n) is 22.4. The van der Waals surface area contributed by atoms with Gasteiger partial charge in [0.2, 0.25) is 5.91 Å². The highest BCUT2D eigenvalue weighted by molar-refractivity contribution is 6.06. The lowest BCUT2D eigenvalue weighted by Crippen LogP contribution is -2.57. The maximum atomic E-state index is 13.2. The van der Waals surface area contributed by atoms with Crippen molar-refractivity contribution in [2.24, 2.45) is 17.3 Å². The van der Waals surface area contributed by atoms with Gasteiger partial charge in [-0.05, 0) is 48.5 Å². The van der Waals surface area contributed by atoms with Crippen LogP contribution in [0.25, 0.3) is 0 Å². The Morgan fingerprint density at radius 3 is 2.28 bits per heavy atom. The molecular weight excluding hydrogens is 452 g/mol. The van der Waals surface area contributed by atoms with Gasteiger partial charge in [-0.3, -0.25) is 14.5 Å². The molecule has 1 aliphatic carbocycles. The van der Waals surface area contributed by atoms with Crippen LogP contribution in [0.5, 0.6) is 0 Å². The van der Waals surface area contributed by atoms with Gasteiger partial charge in [-0.2, -0.15) is 0 Å². The Balaban J connectivity index is 1.27. The first kappa shape index (κ1) is 25.2. The molecule has 5 rings (SSSR count). The molecule has 3 aliphatic heterocycles. The van der Waals surface area contributed by atoms with E-state index in [1.807, 2.05) is 11.0 Å². The summed E-state index contributed by atoms with van der Waals surface area (Å²) >= 11 is 0. The molecule has 0 bridgehead atoms. The summed E-state index contributed by atoms with van der Waals surface area (Å²) in [7, 11) is 1.64. The minimum Gasteiger partial charge on any atom is -0.342 e. The van der Waals surface area contributed by atoms with E-state index in [-0.39, 0.29) is 23.3 Å². The maximum Gasteiger partial charge on any atom is 0.327 e. The smallest absolute Gasteiger partial charge is 0.327 e. The van der Waals surface area contributed by atoms with Crippen LogP contribution in [0.15, 0.2) is 30.3 Å². The monoisotopic (exact) mass is 494 g/mol. The first-order valence-electron chi connectivity index (χ1n) is 13.7. The fraction of sp³-hybridized carbons (Fsp3) is 0.690. The van der Waals surface area contributed by atoms with Crippen LogP contribution < -0.4 is 0 Å². The molecular formula is C29H42N4O3. The third-order valence-corrected chi connectivity index (χ3v) is 8.75. The Morgan fingerprint density at radius 1 is 1.00 bits per heavy atom. The molecule has 3 saturated heterocycles. The van der Waals surface area contributed by atoms with Crippen LogP contribution in [-0.4, -0.2) is 89.3 Å². The number of carbonyl (C=O) groups excluding carboxylic acids is 3. The second-order valence-electron chi connectivity index (χ2n) is 12.8. The quantitative estimate of drug-likeness (QED) is 0.565. The van der Waals surface area contributed by atoms with Gasteiger partial charge >= 0.3 is 6.03 Å². The van der Waals surface area contributed by atoms with Crippen molar-refractivity contribution < 1.29 is 14.4 Å². The van der Waals surface area contributed by atoms with Crippen molar-refractivity contribution in [2.45, 2.75) is 64.3 Å². The fourth-order valence-electron chi connectivity index (χ4n) is 6.51. The molecule has 1 saturated carbocycles. The number of nitrogens with zero attached hydrogens (tertiary/aromatic N) is 4. The molecule has 0 aromatic heterocycles. The Morgan fingerprint density at radius 2 is 1.67 bits per heavy atom. The number of hydrogen-bond donors (Lipinski definition) is 0. The van der Waals surface area contributed by atoms with E-state index in [1.54, 1.807) is 7.05 Å². The number of urea groups is 1. The SMILES string of the molecule is CN1C(=O)N(CC2CC2)C2(CCN(CC3CN(C(=O)CC(C)(C)C)CC3c3ccccc3)CC2)C1=O. The number of benzene rings is 1. The summed E-state index contributed by atoms with van der Waals surface area (Å²) in [5, 5.41) is 0. The highest BCUT2D eigenvalue weighted by Crippen LogP contribution is 2.42. The summed E-state index contributed by atoms with van der Waals surface area (Å²) in [4.78, 5) is 47.0. The molecule has 4 fully saturated rings. The molecule has 7 heteroatoms. The van der Waals surface area contributed by atoms with Crippen molar-refractivity contribution in [3.05, 3.63) is 35.9 Å². The Labute approximate surface area is 215 Å². The molecule has 4 aliphatic rings. The molecule has 2 unspecified atom stereocenters. The largest absolute Gasteiger partial charge is 0.342 e. The van der Waals surface area contributed by atoms with Gasteiger partial charge in [0.15, 0.2) is 0 Å². The fourth-order valence-corrected chi connectivity index (χ4v) is 6.51. The van der Waals surface area contributed by atoms with Crippen LogP contribution in [0.4, 0.5) is 4.79 Å². The first-order valence-corrected chi connectivity index (χ1v) is 13.7. The molecule has 7 nitrogen and oxygen atoms in total. The van der Waals surface area contributed by atoms with Gasteiger partial charge in [0.05, 0.1) is 0 Å². The van der Waals surface area contributed by atoms with E-state index in [1.165, 1.54) is 10.5 Å². The average Bonchev–Trinajstić information content (AvgIpc) is 3.54. The van der Waals surface area contributed by atoms with Gasteiger partial charge < -0.3 is 14.7 Å².